The van der Waals surface area contributed by atoms with Crippen molar-refractivity contribution in [3.63, 3.8) is 0 Å². The van der Waals surface area contributed by atoms with Crippen LogP contribution in [0.15, 0.2) is 10.5 Å². The molecule has 0 aromatic heterocycles. The summed E-state index contributed by atoms with van der Waals surface area (Å²) in [5.41, 5.74) is 6.85. The summed E-state index contributed by atoms with van der Waals surface area (Å²) in [7, 11) is 0. The van der Waals surface area contributed by atoms with Gasteiger partial charge in [-0.25, -0.2) is 0 Å². The molecular weight excluding hydrogens is 301 g/mol. The minimum Gasteiger partial charge on any atom is -0.492 e. The summed E-state index contributed by atoms with van der Waals surface area (Å²) in [5, 5.41) is 1.16. The highest BCUT2D eigenvalue weighted by Crippen LogP contribution is 2.44. The Bertz CT molecular complexity index is 397. The van der Waals surface area contributed by atoms with Crippen molar-refractivity contribution in [2.75, 3.05) is 6.61 Å². The molecule has 1 aromatic carbocycles. The molecule has 0 radical (unpaired) electrons. The second-order valence-corrected chi connectivity index (χ2v) is 5.13. The number of ether oxygens (including phenoxy) is 1. The Labute approximate surface area is 107 Å². The first-order valence-electron chi connectivity index (χ1n) is 4.67. The van der Waals surface area contributed by atoms with Crippen molar-refractivity contribution in [1.82, 2.24) is 0 Å². The van der Waals surface area contributed by atoms with Crippen molar-refractivity contribution in [2.24, 2.45) is 5.73 Å². The van der Waals surface area contributed by atoms with E-state index in [2.05, 4.69) is 15.9 Å². The summed E-state index contributed by atoms with van der Waals surface area (Å²) in [6.07, 6.45) is 1.78. The molecule has 5 heteroatoms. The first-order valence-corrected chi connectivity index (χ1v) is 6.22. The standard InChI is InChI=1S/C10H10BrCl2NO/c11-5-4-6(12)10-8(9(5)13)7(14)2-1-3-15-10/h4,7H,1-3,14H2. The molecule has 2 nitrogen and oxygen atoms in total. The Morgan fingerprint density at radius 3 is 2.93 bits per heavy atom. The molecule has 2 N–H and O–H groups in total. The molecule has 0 fully saturated rings. The zero-order valence-corrected chi connectivity index (χ0v) is 11.0. The van der Waals surface area contributed by atoms with Crippen LogP contribution in [-0.4, -0.2) is 6.61 Å². The van der Waals surface area contributed by atoms with Crippen LogP contribution < -0.4 is 10.5 Å². The van der Waals surface area contributed by atoms with Gasteiger partial charge in [-0.1, -0.05) is 23.2 Å². The minimum absolute atomic E-state index is 0.106. The van der Waals surface area contributed by atoms with E-state index in [0.717, 1.165) is 22.9 Å². The molecule has 82 valence electrons. The fraction of sp³-hybridized carbons (Fsp3) is 0.400. The van der Waals surface area contributed by atoms with Gasteiger partial charge >= 0.3 is 0 Å². The lowest BCUT2D eigenvalue weighted by atomic mass is 10.0. The normalized spacial score (nSPS) is 20.4. The summed E-state index contributed by atoms with van der Waals surface area (Å²) >= 11 is 15.6. The predicted octanol–water partition coefficient (Wildman–Crippen LogP) is 3.93. The molecule has 0 aliphatic carbocycles. The first kappa shape index (κ1) is 11.5. The molecule has 1 unspecified atom stereocenters. The van der Waals surface area contributed by atoms with Crippen LogP contribution in [0, 0.1) is 0 Å². The van der Waals surface area contributed by atoms with E-state index in [0.29, 0.717) is 22.4 Å². The van der Waals surface area contributed by atoms with Crippen LogP contribution in [0.5, 0.6) is 5.75 Å². The monoisotopic (exact) mass is 309 g/mol. The van der Waals surface area contributed by atoms with Crippen molar-refractivity contribution in [3.05, 3.63) is 26.1 Å². The Morgan fingerprint density at radius 2 is 2.20 bits per heavy atom. The highest BCUT2D eigenvalue weighted by molar-refractivity contribution is 9.10. The molecule has 1 heterocycles. The highest BCUT2D eigenvalue weighted by Gasteiger charge is 2.23. The number of rotatable bonds is 0. The van der Waals surface area contributed by atoms with E-state index in [9.17, 15) is 0 Å². The van der Waals surface area contributed by atoms with E-state index in [1.807, 2.05) is 0 Å². The van der Waals surface area contributed by atoms with Crippen LogP contribution >= 0.6 is 39.1 Å². The predicted molar refractivity (Wildman–Crippen MR) is 65.8 cm³/mol. The lowest BCUT2D eigenvalue weighted by Gasteiger charge is -2.16. The number of fused-ring (bicyclic) bond motifs is 1. The number of nitrogens with two attached hydrogens (primary N) is 1. The summed E-state index contributed by atoms with van der Waals surface area (Å²) in [6, 6.07) is 1.63. The third kappa shape index (κ3) is 2.11. The van der Waals surface area contributed by atoms with Gasteiger partial charge in [-0.05, 0) is 34.8 Å². The average Bonchev–Trinajstić information content (AvgIpc) is 2.37. The van der Waals surface area contributed by atoms with Gasteiger partial charge in [0.25, 0.3) is 0 Å². The van der Waals surface area contributed by atoms with Crippen LogP contribution in [0.25, 0.3) is 0 Å². The van der Waals surface area contributed by atoms with E-state index in [1.54, 1.807) is 6.07 Å². The molecule has 0 spiro atoms. The van der Waals surface area contributed by atoms with Crippen LogP contribution in [0.2, 0.25) is 10.0 Å². The number of hydrogen-bond acceptors (Lipinski definition) is 2. The van der Waals surface area contributed by atoms with E-state index >= 15 is 0 Å². The second kappa shape index (κ2) is 4.50. The fourth-order valence-corrected chi connectivity index (χ4v) is 2.82. The van der Waals surface area contributed by atoms with Crippen LogP contribution in [0.4, 0.5) is 0 Å². The van der Waals surface area contributed by atoms with Gasteiger partial charge in [0.05, 0.1) is 16.7 Å². The van der Waals surface area contributed by atoms with E-state index in [1.165, 1.54) is 0 Å². The Kier molecular flexibility index (Phi) is 3.45. The van der Waals surface area contributed by atoms with Gasteiger partial charge in [-0.15, -0.1) is 0 Å². The summed E-state index contributed by atoms with van der Waals surface area (Å²) < 4.78 is 6.33. The molecule has 1 atom stereocenters. The molecule has 1 aromatic rings. The van der Waals surface area contributed by atoms with E-state index in [4.69, 9.17) is 33.7 Å². The van der Waals surface area contributed by atoms with Gasteiger partial charge < -0.3 is 10.5 Å². The summed E-state index contributed by atoms with van der Waals surface area (Å²) in [4.78, 5) is 0. The van der Waals surface area contributed by atoms with Crippen molar-refractivity contribution in [1.29, 1.82) is 0 Å². The molecule has 1 aliphatic rings. The minimum atomic E-state index is -0.106. The molecule has 0 saturated heterocycles. The topological polar surface area (TPSA) is 35.2 Å². The molecule has 0 amide bonds. The van der Waals surface area contributed by atoms with Crippen molar-refractivity contribution < 1.29 is 4.74 Å². The van der Waals surface area contributed by atoms with Gasteiger partial charge in [0, 0.05) is 16.1 Å². The maximum atomic E-state index is 6.19. The van der Waals surface area contributed by atoms with Crippen LogP contribution in [-0.2, 0) is 0 Å². The largest absolute Gasteiger partial charge is 0.492 e. The number of halogens is 3. The molecule has 0 bridgehead atoms. The first-order chi connectivity index (χ1) is 7.11. The van der Waals surface area contributed by atoms with Crippen LogP contribution in [0.3, 0.4) is 0 Å². The zero-order chi connectivity index (χ0) is 11.0. The molecule has 1 aliphatic heterocycles. The molecular formula is C10H10BrCl2NO. The lowest BCUT2D eigenvalue weighted by Crippen LogP contribution is -2.10. The fourth-order valence-electron chi connectivity index (χ4n) is 1.70. The summed E-state index contributed by atoms with van der Waals surface area (Å²) in [5.74, 6) is 0.634. The SMILES string of the molecule is NC1CCCOc2c(Cl)cc(Br)c(Cl)c21. The number of benzene rings is 1. The zero-order valence-electron chi connectivity index (χ0n) is 7.90. The highest BCUT2D eigenvalue weighted by atomic mass is 79.9. The van der Waals surface area contributed by atoms with Gasteiger partial charge in [-0.2, -0.15) is 0 Å². The Hall–Kier alpha value is 0.0400. The lowest BCUT2D eigenvalue weighted by molar-refractivity contribution is 0.316. The molecule has 2 rings (SSSR count). The van der Waals surface area contributed by atoms with Gasteiger partial charge in [0.1, 0.15) is 5.75 Å². The van der Waals surface area contributed by atoms with Crippen molar-refractivity contribution >= 4 is 39.1 Å². The smallest absolute Gasteiger partial charge is 0.144 e. The van der Waals surface area contributed by atoms with Gasteiger partial charge in [0.2, 0.25) is 0 Å². The van der Waals surface area contributed by atoms with Crippen molar-refractivity contribution in [2.45, 2.75) is 18.9 Å². The summed E-state index contributed by atoms with van der Waals surface area (Å²) in [6.45, 7) is 0.637. The maximum absolute atomic E-state index is 6.19. The quantitative estimate of drug-likeness (QED) is 0.737. The van der Waals surface area contributed by atoms with Gasteiger partial charge in [0.15, 0.2) is 0 Å². The Balaban J connectivity index is 2.63. The third-order valence-electron chi connectivity index (χ3n) is 2.44. The average molecular weight is 311 g/mol. The maximum Gasteiger partial charge on any atom is 0.144 e. The van der Waals surface area contributed by atoms with E-state index < -0.39 is 0 Å². The molecule has 15 heavy (non-hydrogen) atoms. The Morgan fingerprint density at radius 1 is 1.47 bits per heavy atom. The van der Waals surface area contributed by atoms with Crippen molar-refractivity contribution in [3.8, 4) is 5.75 Å². The van der Waals surface area contributed by atoms with E-state index in [-0.39, 0.29) is 6.04 Å². The van der Waals surface area contributed by atoms with Crippen LogP contribution in [0.1, 0.15) is 24.4 Å². The molecule has 0 saturated carbocycles. The third-order valence-corrected chi connectivity index (χ3v) is 3.98. The van der Waals surface area contributed by atoms with Gasteiger partial charge in [-0.3, -0.25) is 0 Å². The second-order valence-electron chi connectivity index (χ2n) is 3.49. The number of hydrogen-bond donors (Lipinski definition) is 1.